The van der Waals surface area contributed by atoms with E-state index in [9.17, 15) is 29.1 Å². The number of hydrogen-bond acceptors (Lipinski definition) is 7. The smallest absolute Gasteiger partial charge is 0.326 e. The van der Waals surface area contributed by atoms with Crippen LogP contribution in [0.3, 0.4) is 0 Å². The number of nitrogens with one attached hydrogen (secondary N) is 3. The highest BCUT2D eigenvalue weighted by molar-refractivity contribution is 5.92. The summed E-state index contributed by atoms with van der Waals surface area (Å²) in [4.78, 5) is 58.9. The molecule has 0 aromatic carbocycles. The van der Waals surface area contributed by atoms with E-state index >= 15 is 0 Å². The van der Waals surface area contributed by atoms with E-state index in [1.54, 1.807) is 0 Å². The lowest BCUT2D eigenvalue weighted by Gasteiger charge is -2.21. The van der Waals surface area contributed by atoms with Crippen LogP contribution in [-0.2, 0) is 24.0 Å². The molecule has 0 aliphatic heterocycles. The molecule has 0 aromatic heterocycles. The summed E-state index contributed by atoms with van der Waals surface area (Å²) >= 11 is 0. The predicted octanol–water partition coefficient (Wildman–Crippen LogP) is -2.08. The van der Waals surface area contributed by atoms with Crippen LogP contribution in [0.4, 0.5) is 0 Å². The first kappa shape index (κ1) is 28.3. The van der Waals surface area contributed by atoms with Crippen molar-refractivity contribution in [3.8, 4) is 0 Å². The van der Waals surface area contributed by atoms with Crippen molar-refractivity contribution < 1.29 is 29.1 Å². The van der Waals surface area contributed by atoms with E-state index in [-0.39, 0.29) is 31.6 Å². The molecule has 12 nitrogen and oxygen atoms in total. The van der Waals surface area contributed by atoms with Gasteiger partial charge in [0, 0.05) is 6.42 Å². The van der Waals surface area contributed by atoms with Gasteiger partial charge in [0.15, 0.2) is 0 Å². The molecule has 10 N–H and O–H groups in total. The van der Waals surface area contributed by atoms with E-state index in [1.165, 1.54) is 0 Å². The number of carbonyl (C=O) groups excluding carboxylic acids is 4. The van der Waals surface area contributed by atoms with Crippen molar-refractivity contribution >= 4 is 29.6 Å². The van der Waals surface area contributed by atoms with Gasteiger partial charge >= 0.3 is 5.97 Å². The summed E-state index contributed by atoms with van der Waals surface area (Å²) in [5.74, 6) is -3.60. The number of carboxylic acid groups (broad SMARTS) is 1. The van der Waals surface area contributed by atoms with E-state index in [0.717, 1.165) is 0 Å². The minimum Gasteiger partial charge on any atom is -0.480 e. The average molecular weight is 445 g/mol. The fourth-order valence-electron chi connectivity index (χ4n) is 2.70. The Hall–Kier alpha value is -2.73. The molecule has 0 saturated carbocycles. The summed E-state index contributed by atoms with van der Waals surface area (Å²) in [6, 6.07) is -3.04. The van der Waals surface area contributed by atoms with Crippen molar-refractivity contribution in [3.63, 3.8) is 0 Å². The molecular weight excluding hydrogens is 408 g/mol. The van der Waals surface area contributed by atoms with Gasteiger partial charge in [-0.25, -0.2) is 4.79 Å². The molecule has 0 bridgehead atoms. The molecule has 0 aromatic rings. The minimum atomic E-state index is -1.16. The molecule has 0 radical (unpaired) electrons. The quantitative estimate of drug-likeness (QED) is 0.131. The fourth-order valence-corrected chi connectivity index (χ4v) is 2.70. The first-order valence-electron chi connectivity index (χ1n) is 10.3. The maximum Gasteiger partial charge on any atom is 0.326 e. The number of rotatable bonds is 16. The molecule has 0 aliphatic rings. The van der Waals surface area contributed by atoms with Gasteiger partial charge in [-0.3, -0.25) is 19.2 Å². The second kappa shape index (κ2) is 15.1. The van der Waals surface area contributed by atoms with Crippen molar-refractivity contribution in [1.29, 1.82) is 0 Å². The van der Waals surface area contributed by atoms with Crippen LogP contribution >= 0.6 is 0 Å². The Bertz CT molecular complexity index is 627. The summed E-state index contributed by atoms with van der Waals surface area (Å²) < 4.78 is 0. The lowest BCUT2D eigenvalue weighted by Crippen LogP contribution is -2.53. The Kier molecular flexibility index (Phi) is 13.8. The topological polar surface area (TPSA) is 220 Å². The molecular formula is C19H36N6O6. The molecule has 0 fully saturated rings. The fraction of sp³-hybridized carbons (Fsp3) is 0.737. The normalized spacial score (nSPS) is 13.7. The lowest BCUT2D eigenvalue weighted by atomic mass is 10.0. The molecule has 0 aliphatic carbocycles. The van der Waals surface area contributed by atoms with Gasteiger partial charge < -0.3 is 38.3 Å². The number of hydrogen-bond donors (Lipinski definition) is 7. The van der Waals surface area contributed by atoms with Gasteiger partial charge in [0.25, 0.3) is 0 Å². The lowest BCUT2D eigenvalue weighted by molar-refractivity contribution is -0.142. The Morgan fingerprint density at radius 3 is 2.10 bits per heavy atom. The van der Waals surface area contributed by atoms with Crippen molar-refractivity contribution in [2.45, 2.75) is 70.5 Å². The average Bonchev–Trinajstić information content (AvgIpc) is 2.68. The second-order valence-corrected chi connectivity index (χ2v) is 7.76. The van der Waals surface area contributed by atoms with E-state index in [1.807, 2.05) is 13.8 Å². The standard InChI is InChI=1S/C19H36N6O6/c1-11(2)9-14(19(30)31)24-16(27)10-23-18(29)13(5-3-4-8-20)25-17(28)12(21)6-7-15(22)26/h11-14H,3-10,20-21H2,1-2H3,(H2,22,26)(H,23,29)(H,24,27)(H,25,28)(H,30,31). The Balaban J connectivity index is 4.85. The van der Waals surface area contributed by atoms with Crippen LogP contribution in [0.15, 0.2) is 0 Å². The summed E-state index contributed by atoms with van der Waals surface area (Å²) in [7, 11) is 0. The summed E-state index contributed by atoms with van der Waals surface area (Å²) in [5.41, 5.74) is 16.2. The SMILES string of the molecule is CC(C)CC(NC(=O)CNC(=O)C(CCCCN)NC(=O)C(N)CCC(N)=O)C(=O)O. The molecule has 178 valence electrons. The third kappa shape index (κ3) is 13.2. The minimum absolute atomic E-state index is 0.0349. The Morgan fingerprint density at radius 2 is 1.58 bits per heavy atom. The number of aliphatic carboxylic acids is 1. The molecule has 0 rings (SSSR count). The maximum atomic E-state index is 12.5. The van der Waals surface area contributed by atoms with Crippen LogP contribution in [0, 0.1) is 5.92 Å². The van der Waals surface area contributed by atoms with Crippen LogP contribution in [-0.4, -0.2) is 65.9 Å². The largest absolute Gasteiger partial charge is 0.480 e. The van der Waals surface area contributed by atoms with Gasteiger partial charge in [-0.1, -0.05) is 13.8 Å². The second-order valence-electron chi connectivity index (χ2n) is 7.76. The van der Waals surface area contributed by atoms with Gasteiger partial charge in [-0.2, -0.15) is 0 Å². The number of carbonyl (C=O) groups is 5. The number of unbranched alkanes of at least 4 members (excludes halogenated alkanes) is 1. The van der Waals surface area contributed by atoms with Crippen molar-refractivity contribution in [2.75, 3.05) is 13.1 Å². The van der Waals surface area contributed by atoms with Gasteiger partial charge in [-0.05, 0) is 44.6 Å². The third-order valence-corrected chi connectivity index (χ3v) is 4.38. The summed E-state index contributed by atoms with van der Waals surface area (Å²) in [6.45, 7) is 3.62. The van der Waals surface area contributed by atoms with E-state index in [0.29, 0.717) is 19.4 Å². The number of nitrogens with two attached hydrogens (primary N) is 3. The van der Waals surface area contributed by atoms with E-state index in [4.69, 9.17) is 17.2 Å². The molecule has 12 heteroatoms. The highest BCUT2D eigenvalue weighted by Crippen LogP contribution is 2.05. The molecule has 3 unspecified atom stereocenters. The van der Waals surface area contributed by atoms with Crippen LogP contribution < -0.4 is 33.2 Å². The highest BCUT2D eigenvalue weighted by atomic mass is 16.4. The summed E-state index contributed by atoms with van der Waals surface area (Å²) in [5, 5.41) is 16.5. The monoisotopic (exact) mass is 444 g/mol. The van der Waals surface area contributed by atoms with Gasteiger partial charge in [-0.15, -0.1) is 0 Å². The van der Waals surface area contributed by atoms with E-state index < -0.39 is 54.3 Å². The molecule has 3 atom stereocenters. The molecule has 4 amide bonds. The van der Waals surface area contributed by atoms with Crippen molar-refractivity contribution in [3.05, 3.63) is 0 Å². The van der Waals surface area contributed by atoms with Gasteiger partial charge in [0.05, 0.1) is 12.6 Å². The molecule has 0 spiro atoms. The van der Waals surface area contributed by atoms with Crippen LogP contribution in [0.1, 0.15) is 52.4 Å². The first-order chi connectivity index (χ1) is 14.5. The number of amides is 4. The molecule has 0 heterocycles. The molecule has 31 heavy (non-hydrogen) atoms. The zero-order valence-corrected chi connectivity index (χ0v) is 18.2. The van der Waals surface area contributed by atoms with Crippen molar-refractivity contribution in [1.82, 2.24) is 16.0 Å². The van der Waals surface area contributed by atoms with E-state index in [2.05, 4.69) is 16.0 Å². The highest BCUT2D eigenvalue weighted by Gasteiger charge is 2.25. The van der Waals surface area contributed by atoms with Gasteiger partial charge in [0.2, 0.25) is 23.6 Å². The first-order valence-corrected chi connectivity index (χ1v) is 10.3. The van der Waals surface area contributed by atoms with Crippen LogP contribution in [0.5, 0.6) is 0 Å². The van der Waals surface area contributed by atoms with Crippen molar-refractivity contribution in [2.24, 2.45) is 23.1 Å². The predicted molar refractivity (Wildman–Crippen MR) is 113 cm³/mol. The Labute approximate surface area is 182 Å². The van der Waals surface area contributed by atoms with Gasteiger partial charge in [0.1, 0.15) is 12.1 Å². The Morgan fingerprint density at radius 1 is 0.935 bits per heavy atom. The summed E-state index contributed by atoms with van der Waals surface area (Å²) in [6.07, 6.45) is 1.66. The van der Waals surface area contributed by atoms with Crippen LogP contribution in [0.2, 0.25) is 0 Å². The number of carboxylic acids is 1. The maximum absolute atomic E-state index is 12.5. The number of primary amides is 1. The van der Waals surface area contributed by atoms with Crippen LogP contribution in [0.25, 0.3) is 0 Å². The zero-order chi connectivity index (χ0) is 24.0. The zero-order valence-electron chi connectivity index (χ0n) is 18.2. The third-order valence-electron chi connectivity index (χ3n) is 4.38. The molecule has 0 saturated heterocycles.